The van der Waals surface area contributed by atoms with Crippen LogP contribution in [-0.2, 0) is 0 Å². The molecule has 0 saturated carbocycles. The zero-order valence-electron chi connectivity index (χ0n) is 8.16. The molecule has 0 bridgehead atoms. The summed E-state index contributed by atoms with van der Waals surface area (Å²) in [5.41, 5.74) is 0. The highest BCUT2D eigenvalue weighted by molar-refractivity contribution is 7.99. The Morgan fingerprint density at radius 1 is 1.12 bits per heavy atom. The molecule has 0 radical (unpaired) electrons. The Hall–Kier alpha value is -1.47. The van der Waals surface area contributed by atoms with E-state index in [1.807, 2.05) is 0 Å². The Morgan fingerprint density at radius 2 is 1.88 bits per heavy atom. The third-order valence-corrected chi connectivity index (χ3v) is 2.40. The van der Waals surface area contributed by atoms with Gasteiger partial charge in [0.15, 0.2) is 5.16 Å². The maximum atomic E-state index is 5.70. The van der Waals surface area contributed by atoms with Gasteiger partial charge >= 0.3 is 6.01 Å². The van der Waals surface area contributed by atoms with Crippen LogP contribution < -0.4 is 4.74 Å². The molecule has 0 saturated heterocycles. The van der Waals surface area contributed by atoms with Crippen molar-refractivity contribution in [2.75, 3.05) is 7.11 Å². The highest BCUT2D eigenvalue weighted by atomic mass is 35.5. The van der Waals surface area contributed by atoms with Gasteiger partial charge in [-0.2, -0.15) is 15.0 Å². The average Bonchev–Trinajstić information content (AvgIpc) is 2.29. The fourth-order valence-electron chi connectivity index (χ4n) is 0.871. The van der Waals surface area contributed by atoms with Crippen molar-refractivity contribution in [1.82, 2.24) is 24.9 Å². The lowest BCUT2D eigenvalue weighted by atomic mass is 10.7. The lowest BCUT2D eigenvalue weighted by Gasteiger charge is -2.00. The minimum absolute atomic E-state index is 0.0743. The normalized spacial score (nSPS) is 10.1. The molecule has 0 aliphatic heterocycles. The van der Waals surface area contributed by atoms with Gasteiger partial charge in [0.25, 0.3) is 0 Å². The molecule has 0 aliphatic rings. The topological polar surface area (TPSA) is 73.7 Å². The van der Waals surface area contributed by atoms with Crippen LogP contribution in [0.5, 0.6) is 6.01 Å². The molecule has 16 heavy (non-hydrogen) atoms. The summed E-state index contributed by atoms with van der Waals surface area (Å²) in [6, 6.07) is 1.89. The highest BCUT2D eigenvalue weighted by Crippen LogP contribution is 2.22. The van der Waals surface area contributed by atoms with E-state index in [0.29, 0.717) is 10.3 Å². The Labute approximate surface area is 100 Å². The van der Waals surface area contributed by atoms with Gasteiger partial charge in [-0.25, -0.2) is 9.97 Å². The number of hydrogen-bond donors (Lipinski definition) is 0. The first-order chi connectivity index (χ1) is 7.78. The maximum Gasteiger partial charge on any atom is 0.321 e. The molecule has 0 amide bonds. The molecule has 2 aromatic heterocycles. The molecule has 2 rings (SSSR count). The van der Waals surface area contributed by atoms with Crippen LogP contribution in [0.1, 0.15) is 0 Å². The second-order valence-electron chi connectivity index (χ2n) is 2.51. The Balaban J connectivity index is 2.24. The molecule has 0 unspecified atom stereocenters. The minimum atomic E-state index is 0.0743. The summed E-state index contributed by atoms with van der Waals surface area (Å²) in [5, 5.41) is 1.00. The molecule has 8 heteroatoms. The second-order valence-corrected chi connectivity index (χ2v) is 3.78. The molecular formula is C8H6ClN5OS. The van der Waals surface area contributed by atoms with Crippen LogP contribution in [0.15, 0.2) is 28.8 Å². The maximum absolute atomic E-state index is 5.70. The number of halogens is 1. The summed E-state index contributed by atoms with van der Waals surface area (Å²) in [7, 11) is 1.46. The molecule has 0 aliphatic carbocycles. The van der Waals surface area contributed by atoms with E-state index in [9.17, 15) is 0 Å². The third-order valence-electron chi connectivity index (χ3n) is 1.47. The molecule has 0 atom stereocenters. The van der Waals surface area contributed by atoms with Crippen LogP contribution in [0.3, 0.4) is 0 Å². The van der Waals surface area contributed by atoms with Gasteiger partial charge in [-0.05, 0) is 29.4 Å². The number of aromatic nitrogens is 5. The van der Waals surface area contributed by atoms with Crippen molar-refractivity contribution in [2.24, 2.45) is 0 Å². The van der Waals surface area contributed by atoms with E-state index < -0.39 is 0 Å². The van der Waals surface area contributed by atoms with Gasteiger partial charge in [0, 0.05) is 12.4 Å². The molecule has 2 aromatic rings. The van der Waals surface area contributed by atoms with Crippen LogP contribution in [0.25, 0.3) is 0 Å². The average molecular weight is 256 g/mol. The van der Waals surface area contributed by atoms with Crippen molar-refractivity contribution in [2.45, 2.75) is 10.3 Å². The monoisotopic (exact) mass is 255 g/mol. The first-order valence-electron chi connectivity index (χ1n) is 4.18. The third kappa shape index (κ3) is 2.77. The van der Waals surface area contributed by atoms with Gasteiger partial charge in [0.2, 0.25) is 10.4 Å². The van der Waals surface area contributed by atoms with Crippen molar-refractivity contribution < 1.29 is 4.74 Å². The largest absolute Gasteiger partial charge is 0.467 e. The molecule has 0 N–H and O–H groups in total. The van der Waals surface area contributed by atoms with Gasteiger partial charge in [0.05, 0.1) is 7.11 Å². The number of hydrogen-bond acceptors (Lipinski definition) is 7. The second kappa shape index (κ2) is 5.04. The standard InChI is InChI=1S/C8H6ClN5OS/c1-15-6-12-5(9)13-8(14-6)16-7-10-3-2-4-11-7/h2-4H,1H3. The SMILES string of the molecule is COc1nc(Cl)nc(Sc2ncccn2)n1. The van der Waals surface area contributed by atoms with Gasteiger partial charge in [0.1, 0.15) is 0 Å². The predicted molar refractivity (Wildman–Crippen MR) is 57.5 cm³/mol. The summed E-state index contributed by atoms with van der Waals surface area (Å²) in [5.74, 6) is 0. The van der Waals surface area contributed by atoms with Gasteiger partial charge in [-0.1, -0.05) is 0 Å². The van der Waals surface area contributed by atoms with Gasteiger partial charge < -0.3 is 4.74 Å². The summed E-state index contributed by atoms with van der Waals surface area (Å²) >= 11 is 6.88. The zero-order valence-corrected chi connectivity index (χ0v) is 9.74. The van der Waals surface area contributed by atoms with Crippen molar-refractivity contribution in [3.05, 3.63) is 23.7 Å². The Kier molecular flexibility index (Phi) is 3.47. The van der Waals surface area contributed by atoms with Crippen molar-refractivity contribution in [3.63, 3.8) is 0 Å². The lowest BCUT2D eigenvalue weighted by Crippen LogP contribution is -1.97. The minimum Gasteiger partial charge on any atom is -0.467 e. The van der Waals surface area contributed by atoms with E-state index in [2.05, 4.69) is 24.9 Å². The summed E-state index contributed by atoms with van der Waals surface area (Å²) in [4.78, 5) is 19.7. The van der Waals surface area contributed by atoms with Crippen molar-refractivity contribution >= 4 is 23.4 Å². The molecule has 6 nitrogen and oxygen atoms in total. The lowest BCUT2D eigenvalue weighted by molar-refractivity contribution is 0.373. The van der Waals surface area contributed by atoms with E-state index in [-0.39, 0.29) is 11.3 Å². The van der Waals surface area contributed by atoms with Gasteiger partial charge in [-0.3, -0.25) is 0 Å². The van der Waals surface area contributed by atoms with E-state index in [0.717, 1.165) is 0 Å². The number of ether oxygens (including phenoxy) is 1. The van der Waals surface area contributed by atoms with Crippen molar-refractivity contribution in [3.8, 4) is 6.01 Å². The fourth-order valence-corrected chi connectivity index (χ4v) is 1.72. The number of nitrogens with zero attached hydrogens (tertiary/aromatic N) is 5. The molecule has 0 spiro atoms. The van der Waals surface area contributed by atoms with Crippen molar-refractivity contribution in [1.29, 1.82) is 0 Å². The molecule has 2 heterocycles. The van der Waals surface area contributed by atoms with Gasteiger partial charge in [-0.15, -0.1) is 0 Å². The summed E-state index contributed by atoms with van der Waals surface area (Å²) in [6.45, 7) is 0. The van der Waals surface area contributed by atoms with Crippen LogP contribution in [-0.4, -0.2) is 32.0 Å². The van der Waals surface area contributed by atoms with E-state index in [1.165, 1.54) is 18.9 Å². The van der Waals surface area contributed by atoms with E-state index in [4.69, 9.17) is 16.3 Å². The predicted octanol–water partition coefficient (Wildman–Crippen LogP) is 1.47. The van der Waals surface area contributed by atoms with Crippen LogP contribution in [0.4, 0.5) is 0 Å². The van der Waals surface area contributed by atoms with Crippen LogP contribution in [0.2, 0.25) is 5.28 Å². The zero-order chi connectivity index (χ0) is 11.4. The van der Waals surface area contributed by atoms with E-state index in [1.54, 1.807) is 18.5 Å². The summed E-state index contributed by atoms with van der Waals surface area (Å²) in [6.07, 6.45) is 3.27. The first-order valence-corrected chi connectivity index (χ1v) is 5.38. The van der Waals surface area contributed by atoms with Crippen LogP contribution in [0, 0.1) is 0 Å². The quantitative estimate of drug-likeness (QED) is 0.769. The number of rotatable bonds is 3. The smallest absolute Gasteiger partial charge is 0.321 e. The molecule has 0 fully saturated rings. The Morgan fingerprint density at radius 3 is 2.56 bits per heavy atom. The Bertz CT molecular complexity index is 483. The fraction of sp³-hybridized carbons (Fsp3) is 0.125. The summed E-state index contributed by atoms with van der Waals surface area (Å²) < 4.78 is 4.87. The molecule has 0 aromatic carbocycles. The number of methoxy groups -OCH3 is 1. The molecular weight excluding hydrogens is 250 g/mol. The highest BCUT2D eigenvalue weighted by Gasteiger charge is 2.07. The molecule has 82 valence electrons. The van der Waals surface area contributed by atoms with E-state index >= 15 is 0 Å². The van der Waals surface area contributed by atoms with Crippen LogP contribution >= 0.6 is 23.4 Å². The first kappa shape index (κ1) is 11.0.